The molecule has 1 aromatic carbocycles. The minimum atomic E-state index is -4.54. The molecule has 8 nitrogen and oxygen atoms in total. The zero-order chi connectivity index (χ0) is 22.6. The summed E-state index contributed by atoms with van der Waals surface area (Å²) in [5, 5.41) is 10.9. The second-order valence-electron chi connectivity index (χ2n) is 6.70. The van der Waals surface area contributed by atoms with E-state index in [1.807, 2.05) is 4.90 Å². The van der Waals surface area contributed by atoms with Gasteiger partial charge in [0.1, 0.15) is 18.4 Å². The Morgan fingerprint density at radius 3 is 2.35 bits per heavy atom. The van der Waals surface area contributed by atoms with E-state index in [9.17, 15) is 31.6 Å². The molecule has 164 valence electrons. The molecule has 0 aliphatic carbocycles. The van der Waals surface area contributed by atoms with Gasteiger partial charge in [-0.25, -0.2) is 13.4 Å². The van der Waals surface area contributed by atoms with Gasteiger partial charge in [0.05, 0.1) is 10.5 Å². The monoisotopic (exact) mass is 453 g/mol. The molecule has 0 atom stereocenters. The van der Waals surface area contributed by atoms with Gasteiger partial charge in [-0.05, 0) is 36.4 Å². The fraction of sp³-hybridized carbons (Fsp3) is 0.316. The Balaban J connectivity index is 1.66. The number of halogens is 3. The Morgan fingerprint density at radius 2 is 1.77 bits per heavy atom. The quantitative estimate of drug-likeness (QED) is 0.740. The summed E-state index contributed by atoms with van der Waals surface area (Å²) in [4.78, 5) is 17.7. The third kappa shape index (κ3) is 5.31. The predicted octanol–water partition coefficient (Wildman–Crippen LogP) is 1.76. The minimum absolute atomic E-state index is 0.0659. The predicted molar refractivity (Wildman–Crippen MR) is 105 cm³/mol. The van der Waals surface area contributed by atoms with Crippen LogP contribution < -0.4 is 10.2 Å². The zero-order valence-electron chi connectivity index (χ0n) is 16.1. The number of carbonyl (C=O) groups excluding carboxylic acids is 1. The summed E-state index contributed by atoms with van der Waals surface area (Å²) >= 11 is 0. The fourth-order valence-electron chi connectivity index (χ4n) is 3.09. The number of nitriles is 1. The number of alkyl halides is 3. The fourth-order valence-corrected chi connectivity index (χ4v) is 4.51. The van der Waals surface area contributed by atoms with E-state index in [-0.39, 0.29) is 23.5 Å². The van der Waals surface area contributed by atoms with Crippen LogP contribution in [-0.4, -0.2) is 62.5 Å². The number of hydrogen-bond acceptors (Lipinski definition) is 6. The van der Waals surface area contributed by atoms with Crippen molar-refractivity contribution in [2.45, 2.75) is 11.1 Å². The number of amides is 1. The summed E-state index contributed by atoms with van der Waals surface area (Å²) in [5.41, 5.74) is 0.324. The van der Waals surface area contributed by atoms with E-state index in [0.29, 0.717) is 24.5 Å². The molecule has 0 bridgehead atoms. The molecular weight excluding hydrogens is 435 g/mol. The van der Waals surface area contributed by atoms with Crippen LogP contribution in [0.3, 0.4) is 0 Å². The van der Waals surface area contributed by atoms with Crippen molar-refractivity contribution in [3.05, 3.63) is 53.7 Å². The van der Waals surface area contributed by atoms with E-state index in [0.717, 1.165) is 0 Å². The lowest BCUT2D eigenvalue weighted by Crippen LogP contribution is -2.49. The highest BCUT2D eigenvalue weighted by molar-refractivity contribution is 7.89. The lowest BCUT2D eigenvalue weighted by atomic mass is 10.2. The smallest absolute Gasteiger partial charge is 0.353 e. The lowest BCUT2D eigenvalue weighted by Gasteiger charge is -2.35. The molecule has 1 saturated heterocycles. The summed E-state index contributed by atoms with van der Waals surface area (Å²) in [7, 11) is -3.85. The number of anilines is 1. The Labute approximate surface area is 177 Å². The molecule has 0 saturated carbocycles. The number of carbonyl (C=O) groups is 1. The topological polar surface area (TPSA) is 106 Å². The summed E-state index contributed by atoms with van der Waals surface area (Å²) in [6.45, 7) is -0.471. The van der Waals surface area contributed by atoms with Crippen LogP contribution in [0.5, 0.6) is 0 Å². The van der Waals surface area contributed by atoms with Gasteiger partial charge >= 0.3 is 6.18 Å². The molecule has 1 amide bonds. The summed E-state index contributed by atoms with van der Waals surface area (Å²) in [6.07, 6.45) is -2.98. The van der Waals surface area contributed by atoms with Crippen LogP contribution in [0.4, 0.5) is 19.0 Å². The highest BCUT2D eigenvalue weighted by Gasteiger charge is 2.30. The molecule has 1 fully saturated rings. The van der Waals surface area contributed by atoms with Crippen LogP contribution in [0.15, 0.2) is 47.5 Å². The lowest BCUT2D eigenvalue weighted by molar-refractivity contribution is -0.123. The Hall–Kier alpha value is -3.17. The molecule has 1 N–H and O–H groups in total. The second-order valence-corrected chi connectivity index (χ2v) is 8.64. The van der Waals surface area contributed by atoms with Crippen molar-refractivity contribution < 1.29 is 26.4 Å². The molecule has 1 aromatic heterocycles. The summed E-state index contributed by atoms with van der Waals surface area (Å²) in [5.74, 6) is -0.449. The van der Waals surface area contributed by atoms with Crippen LogP contribution in [0.25, 0.3) is 0 Å². The van der Waals surface area contributed by atoms with Crippen LogP contribution in [-0.2, 0) is 10.0 Å². The van der Waals surface area contributed by atoms with E-state index in [1.165, 1.54) is 28.6 Å². The number of piperazine rings is 1. The number of rotatable bonds is 5. The van der Waals surface area contributed by atoms with Crippen molar-refractivity contribution in [1.29, 1.82) is 5.26 Å². The van der Waals surface area contributed by atoms with E-state index >= 15 is 0 Å². The third-order valence-electron chi connectivity index (χ3n) is 4.65. The Kier molecular flexibility index (Phi) is 6.47. The van der Waals surface area contributed by atoms with Crippen molar-refractivity contribution >= 4 is 21.7 Å². The van der Waals surface area contributed by atoms with Crippen LogP contribution in [0, 0.1) is 11.3 Å². The van der Waals surface area contributed by atoms with Gasteiger partial charge in [-0.2, -0.15) is 22.7 Å². The largest absolute Gasteiger partial charge is 0.405 e. The first-order chi connectivity index (χ1) is 14.6. The number of hydrogen-bond donors (Lipinski definition) is 1. The molecule has 12 heteroatoms. The van der Waals surface area contributed by atoms with Crippen LogP contribution in [0.1, 0.15) is 15.9 Å². The van der Waals surface area contributed by atoms with Gasteiger partial charge in [0.25, 0.3) is 5.91 Å². The first kappa shape index (κ1) is 22.5. The van der Waals surface area contributed by atoms with Gasteiger partial charge in [0.15, 0.2) is 0 Å². The number of aromatic nitrogens is 1. The van der Waals surface area contributed by atoms with Gasteiger partial charge in [-0.3, -0.25) is 4.79 Å². The Bertz CT molecular complexity index is 1090. The minimum Gasteiger partial charge on any atom is -0.353 e. The summed E-state index contributed by atoms with van der Waals surface area (Å²) < 4.78 is 63.7. The van der Waals surface area contributed by atoms with Gasteiger partial charge in [-0.1, -0.05) is 0 Å². The van der Waals surface area contributed by atoms with Gasteiger partial charge in [0.2, 0.25) is 10.0 Å². The molecule has 0 radical (unpaired) electrons. The second kappa shape index (κ2) is 8.91. The number of sulfonamides is 1. The van der Waals surface area contributed by atoms with Gasteiger partial charge in [-0.15, -0.1) is 0 Å². The summed E-state index contributed by atoms with van der Waals surface area (Å²) in [6, 6.07) is 10.1. The number of nitrogens with zero attached hydrogens (tertiary/aromatic N) is 4. The van der Waals surface area contributed by atoms with Crippen molar-refractivity contribution in [3.8, 4) is 6.07 Å². The van der Waals surface area contributed by atoms with Crippen LogP contribution in [0.2, 0.25) is 0 Å². The molecular formula is C19H18F3N5O3S. The van der Waals surface area contributed by atoms with Crippen LogP contribution >= 0.6 is 0 Å². The molecule has 0 unspecified atom stereocenters. The van der Waals surface area contributed by atoms with Gasteiger partial charge in [0, 0.05) is 37.9 Å². The molecule has 0 spiro atoms. The van der Waals surface area contributed by atoms with Crippen molar-refractivity contribution in [2.24, 2.45) is 0 Å². The van der Waals surface area contributed by atoms with E-state index in [4.69, 9.17) is 0 Å². The van der Waals surface area contributed by atoms with E-state index < -0.39 is 28.7 Å². The average molecular weight is 453 g/mol. The standard InChI is InChI=1S/C19H18F3N5O3S/c20-19(21,22)13-25-18(28)14-3-5-16(6-4-14)31(29,30)27-10-8-26(9-11-27)17-15(12-23)2-1-7-24-17/h1-7H,8-11,13H2,(H,25,28). The highest BCUT2D eigenvalue weighted by atomic mass is 32.2. The SMILES string of the molecule is N#Cc1cccnc1N1CCN(S(=O)(=O)c2ccc(C(=O)NCC(F)(F)F)cc2)CC1. The first-order valence-electron chi connectivity index (χ1n) is 9.17. The van der Waals surface area contributed by atoms with E-state index in [2.05, 4.69) is 11.1 Å². The maximum absolute atomic E-state index is 12.9. The normalized spacial score (nSPS) is 15.4. The maximum atomic E-state index is 12.9. The number of pyridine rings is 1. The maximum Gasteiger partial charge on any atom is 0.405 e. The van der Waals surface area contributed by atoms with E-state index in [1.54, 1.807) is 23.6 Å². The highest BCUT2D eigenvalue weighted by Crippen LogP contribution is 2.22. The Morgan fingerprint density at radius 1 is 1.13 bits per heavy atom. The van der Waals surface area contributed by atoms with Crippen molar-refractivity contribution in [2.75, 3.05) is 37.6 Å². The molecule has 1 aliphatic heterocycles. The zero-order valence-corrected chi connectivity index (χ0v) is 16.9. The van der Waals surface area contributed by atoms with Gasteiger partial charge < -0.3 is 10.2 Å². The third-order valence-corrected chi connectivity index (χ3v) is 6.56. The molecule has 31 heavy (non-hydrogen) atoms. The molecule has 3 rings (SSSR count). The first-order valence-corrected chi connectivity index (χ1v) is 10.6. The molecule has 2 heterocycles. The molecule has 2 aromatic rings. The average Bonchev–Trinajstić information content (AvgIpc) is 2.77. The molecule has 1 aliphatic rings. The number of benzene rings is 1. The van der Waals surface area contributed by atoms with Crippen molar-refractivity contribution in [3.63, 3.8) is 0 Å². The number of nitrogens with one attached hydrogen (secondary N) is 1. The van der Waals surface area contributed by atoms with Crippen molar-refractivity contribution in [1.82, 2.24) is 14.6 Å².